The second-order valence-corrected chi connectivity index (χ2v) is 8.10. The molecule has 0 saturated heterocycles. The molecule has 0 fully saturated rings. The van der Waals surface area contributed by atoms with Crippen molar-refractivity contribution < 1.29 is 0 Å². The molecule has 0 spiro atoms. The first-order valence-corrected chi connectivity index (χ1v) is 6.70. The maximum atomic E-state index is 5.93. The quantitative estimate of drug-likeness (QED) is 0.441. The number of hydrogen-bond acceptors (Lipinski definition) is 0. The Morgan fingerprint density at radius 3 is 1.06 bits per heavy atom. The van der Waals surface area contributed by atoms with Crippen molar-refractivity contribution in [1.29, 1.82) is 0 Å². The normalized spacial score (nSPS) is 13.0. The van der Waals surface area contributed by atoms with Gasteiger partial charge < -0.3 is 0 Å². The first kappa shape index (κ1) is 15.6. The molecule has 0 aliphatic carbocycles. The Morgan fingerprint density at radius 2 is 0.875 bits per heavy atom. The van der Waals surface area contributed by atoms with Crippen molar-refractivity contribution in [1.82, 2.24) is 0 Å². The van der Waals surface area contributed by atoms with Crippen LogP contribution in [0.25, 0.3) is 0 Å². The van der Waals surface area contributed by atoms with E-state index in [2.05, 4.69) is 0 Å². The summed E-state index contributed by atoms with van der Waals surface area (Å²) in [5, 5.41) is 0.0935. The third kappa shape index (κ3) is 3.52. The monoisotopic (exact) mass is 378 g/mol. The summed E-state index contributed by atoms with van der Waals surface area (Å²) in [5.41, 5.74) is 0.448. The minimum Gasteiger partial charge on any atom is -0.0822 e. The fraction of sp³-hybridized carbons (Fsp3) is 0.250. The highest BCUT2D eigenvalue weighted by Gasteiger charge is 2.32. The van der Waals surface area contributed by atoms with E-state index in [4.69, 9.17) is 92.8 Å². The van der Waals surface area contributed by atoms with Gasteiger partial charge in [-0.1, -0.05) is 105 Å². The van der Waals surface area contributed by atoms with E-state index in [0.29, 0.717) is 0 Å². The van der Waals surface area contributed by atoms with Gasteiger partial charge in [-0.05, 0) is 0 Å². The molecule has 0 heterocycles. The van der Waals surface area contributed by atoms with E-state index in [1.807, 2.05) is 0 Å². The largest absolute Gasteiger partial charge is 0.217 e. The van der Waals surface area contributed by atoms with Crippen molar-refractivity contribution in [3.05, 3.63) is 33.3 Å². The van der Waals surface area contributed by atoms with Crippen molar-refractivity contribution in [2.24, 2.45) is 0 Å². The van der Waals surface area contributed by atoms with Gasteiger partial charge in [0.1, 0.15) is 0 Å². The van der Waals surface area contributed by atoms with Crippen LogP contribution in [-0.2, 0) is 7.59 Å². The summed E-state index contributed by atoms with van der Waals surface area (Å²) in [7, 11) is 0. The highest BCUT2D eigenvalue weighted by molar-refractivity contribution is 6.68. The number of hydrogen-bond donors (Lipinski definition) is 0. The van der Waals surface area contributed by atoms with Gasteiger partial charge >= 0.3 is 0 Å². The summed E-state index contributed by atoms with van der Waals surface area (Å²) in [6.45, 7) is 0. The molecule has 8 heteroatoms. The first-order valence-electron chi connectivity index (χ1n) is 3.67. The van der Waals surface area contributed by atoms with E-state index in [1.54, 1.807) is 0 Å². The molecule has 90 valence electrons. The number of benzene rings is 1. The van der Waals surface area contributed by atoms with Crippen LogP contribution in [0.2, 0.25) is 10.0 Å². The summed E-state index contributed by atoms with van der Waals surface area (Å²) in [4.78, 5) is 0. The van der Waals surface area contributed by atoms with Gasteiger partial charge in [0.05, 0.1) is 10.0 Å². The van der Waals surface area contributed by atoms with E-state index in [9.17, 15) is 0 Å². The summed E-state index contributed by atoms with van der Waals surface area (Å²) in [6.07, 6.45) is 0. The van der Waals surface area contributed by atoms with Crippen LogP contribution in [0, 0.1) is 0 Å². The molecule has 0 nitrogen and oxygen atoms in total. The van der Waals surface area contributed by atoms with E-state index >= 15 is 0 Å². The molecule has 1 aromatic carbocycles. The lowest BCUT2D eigenvalue weighted by Gasteiger charge is -2.19. The SMILES string of the molecule is Clc1c(C(Cl)(Cl)Cl)ccc(C(Cl)(Cl)Cl)c1Cl. The zero-order valence-corrected chi connectivity index (χ0v) is 13.2. The van der Waals surface area contributed by atoms with E-state index in [1.165, 1.54) is 12.1 Å². The van der Waals surface area contributed by atoms with Crippen LogP contribution < -0.4 is 0 Å². The highest BCUT2D eigenvalue weighted by atomic mass is 35.6. The standard InChI is InChI=1S/C8H2Cl8/c9-5-3(7(11,12)13)1-2-4(6(5)10)8(14,15)16/h1-2H. The maximum Gasteiger partial charge on any atom is 0.217 e. The molecular weight excluding hydrogens is 380 g/mol. The molecule has 0 aliphatic heterocycles. The van der Waals surface area contributed by atoms with Gasteiger partial charge in [-0.2, -0.15) is 0 Å². The Morgan fingerprint density at radius 1 is 0.625 bits per heavy atom. The van der Waals surface area contributed by atoms with Gasteiger partial charge in [-0.15, -0.1) is 0 Å². The van der Waals surface area contributed by atoms with Crippen LogP contribution in [0.4, 0.5) is 0 Å². The van der Waals surface area contributed by atoms with Crippen LogP contribution in [0.1, 0.15) is 11.1 Å². The van der Waals surface area contributed by atoms with Gasteiger partial charge in [0.15, 0.2) is 0 Å². The topological polar surface area (TPSA) is 0 Å². The Bertz CT molecular complexity index is 361. The fourth-order valence-corrected chi connectivity index (χ4v) is 2.84. The molecule has 0 aromatic heterocycles. The number of alkyl halides is 6. The van der Waals surface area contributed by atoms with Gasteiger partial charge in [0, 0.05) is 11.1 Å². The summed E-state index contributed by atoms with van der Waals surface area (Å²) >= 11 is 46.0. The van der Waals surface area contributed by atoms with E-state index < -0.39 is 7.59 Å². The Balaban J connectivity index is 3.41. The molecule has 0 amide bonds. The minimum absolute atomic E-state index is 0.0468. The molecule has 0 unspecified atom stereocenters. The van der Waals surface area contributed by atoms with Crippen molar-refractivity contribution in [2.45, 2.75) is 7.59 Å². The van der Waals surface area contributed by atoms with Crippen LogP contribution in [0.15, 0.2) is 12.1 Å². The second kappa shape index (κ2) is 5.27. The van der Waals surface area contributed by atoms with Crippen molar-refractivity contribution >= 4 is 92.8 Å². The average molecular weight is 382 g/mol. The lowest BCUT2D eigenvalue weighted by Crippen LogP contribution is -2.06. The molecule has 0 radical (unpaired) electrons. The number of rotatable bonds is 0. The van der Waals surface area contributed by atoms with Gasteiger partial charge in [-0.25, -0.2) is 0 Å². The molecule has 0 aliphatic rings. The predicted octanol–water partition coefficient (Wildman–Crippen LogP) is 6.65. The summed E-state index contributed by atoms with van der Waals surface area (Å²) in [5.74, 6) is 0. The smallest absolute Gasteiger partial charge is 0.0822 e. The third-order valence-corrected chi connectivity index (χ3v) is 3.80. The van der Waals surface area contributed by atoms with Crippen molar-refractivity contribution in [3.63, 3.8) is 0 Å². The molecule has 0 N–H and O–H groups in total. The Labute approximate surface area is 133 Å². The van der Waals surface area contributed by atoms with Crippen LogP contribution >= 0.6 is 92.8 Å². The van der Waals surface area contributed by atoms with Crippen molar-refractivity contribution in [3.8, 4) is 0 Å². The van der Waals surface area contributed by atoms with Crippen molar-refractivity contribution in [2.75, 3.05) is 0 Å². The number of halogens is 8. The Kier molecular flexibility index (Phi) is 5.13. The molecule has 1 aromatic rings. The zero-order valence-electron chi connectivity index (χ0n) is 7.18. The highest BCUT2D eigenvalue weighted by Crippen LogP contribution is 2.49. The van der Waals surface area contributed by atoms with Crippen LogP contribution in [-0.4, -0.2) is 0 Å². The molecule has 16 heavy (non-hydrogen) atoms. The third-order valence-electron chi connectivity index (χ3n) is 1.69. The lowest BCUT2D eigenvalue weighted by molar-refractivity contribution is 1.19. The molecule has 0 bridgehead atoms. The molecular formula is C8H2Cl8. The molecule has 0 saturated carbocycles. The summed E-state index contributed by atoms with van der Waals surface area (Å²) < 4.78 is -3.38. The van der Waals surface area contributed by atoms with Crippen LogP contribution in [0.5, 0.6) is 0 Å². The molecule has 1 rings (SSSR count). The average Bonchev–Trinajstić information content (AvgIpc) is 2.05. The van der Waals surface area contributed by atoms with Gasteiger partial charge in [0.25, 0.3) is 0 Å². The van der Waals surface area contributed by atoms with Gasteiger partial charge in [0.2, 0.25) is 7.59 Å². The predicted molar refractivity (Wildman–Crippen MR) is 74.9 cm³/mol. The zero-order chi connectivity index (χ0) is 12.7. The van der Waals surface area contributed by atoms with E-state index in [0.717, 1.165) is 0 Å². The Hall–Kier alpha value is 1.54. The second-order valence-electron chi connectivity index (χ2n) is 2.78. The van der Waals surface area contributed by atoms with Crippen LogP contribution in [0.3, 0.4) is 0 Å². The maximum absolute atomic E-state index is 5.93. The summed E-state index contributed by atoms with van der Waals surface area (Å²) in [6, 6.07) is 2.89. The van der Waals surface area contributed by atoms with E-state index in [-0.39, 0.29) is 21.2 Å². The van der Waals surface area contributed by atoms with Gasteiger partial charge in [-0.3, -0.25) is 0 Å². The minimum atomic E-state index is -1.69. The fourth-order valence-electron chi connectivity index (χ4n) is 0.987. The molecule has 0 atom stereocenters. The lowest BCUT2D eigenvalue weighted by atomic mass is 10.1. The first-order chi connectivity index (χ1) is 7.05.